The highest BCUT2D eigenvalue weighted by Crippen LogP contribution is 2.16. The van der Waals surface area contributed by atoms with Crippen molar-refractivity contribution in [1.29, 1.82) is 0 Å². The third-order valence-corrected chi connectivity index (χ3v) is 2.39. The van der Waals surface area contributed by atoms with Crippen molar-refractivity contribution in [2.75, 3.05) is 6.61 Å². The maximum atomic E-state index is 10.4. The second-order valence-electron chi connectivity index (χ2n) is 3.68. The number of aldehydes is 1. The van der Waals surface area contributed by atoms with Gasteiger partial charge in [0.2, 0.25) is 0 Å². The molecule has 0 bridgehead atoms. The predicted octanol–water partition coefficient (Wildman–Crippen LogP) is 2.07. The van der Waals surface area contributed by atoms with E-state index in [1.807, 2.05) is 36.4 Å². The van der Waals surface area contributed by atoms with Gasteiger partial charge in [0.1, 0.15) is 12.4 Å². The van der Waals surface area contributed by atoms with Crippen molar-refractivity contribution in [3.8, 4) is 0 Å². The molecule has 1 heterocycles. The van der Waals surface area contributed by atoms with Crippen LogP contribution in [0.2, 0.25) is 0 Å². The van der Waals surface area contributed by atoms with Crippen LogP contribution < -0.4 is 0 Å². The van der Waals surface area contributed by atoms with Crippen LogP contribution in [-0.2, 0) is 20.9 Å². The molecule has 1 unspecified atom stereocenters. The second-order valence-corrected chi connectivity index (χ2v) is 3.68. The van der Waals surface area contributed by atoms with Gasteiger partial charge < -0.3 is 9.47 Å². The minimum Gasteiger partial charge on any atom is -0.485 e. The van der Waals surface area contributed by atoms with E-state index in [-0.39, 0.29) is 6.10 Å². The van der Waals surface area contributed by atoms with Crippen LogP contribution in [0.25, 0.3) is 0 Å². The molecule has 0 saturated heterocycles. The van der Waals surface area contributed by atoms with Crippen molar-refractivity contribution < 1.29 is 14.3 Å². The Kier molecular flexibility index (Phi) is 3.72. The number of rotatable bonds is 5. The summed E-state index contributed by atoms with van der Waals surface area (Å²) >= 11 is 0. The highest BCUT2D eigenvalue weighted by atomic mass is 16.5. The molecule has 3 heteroatoms. The summed E-state index contributed by atoms with van der Waals surface area (Å²) in [5.74, 6) is 0.757. The Bertz CT molecular complexity index is 370. The van der Waals surface area contributed by atoms with Crippen LogP contribution in [0.15, 0.2) is 42.2 Å². The molecule has 2 rings (SSSR count). The molecule has 3 nitrogen and oxygen atoms in total. The number of carbonyl (C=O) groups excluding carboxylic acids is 1. The van der Waals surface area contributed by atoms with Crippen LogP contribution in [0.5, 0.6) is 0 Å². The number of hydrogen-bond acceptors (Lipinski definition) is 3. The van der Waals surface area contributed by atoms with E-state index >= 15 is 0 Å². The molecule has 0 saturated carbocycles. The monoisotopic (exact) mass is 218 g/mol. The lowest BCUT2D eigenvalue weighted by molar-refractivity contribution is -0.115. The van der Waals surface area contributed by atoms with Crippen molar-refractivity contribution in [3.05, 3.63) is 47.7 Å². The fourth-order valence-electron chi connectivity index (χ4n) is 1.56. The Morgan fingerprint density at radius 1 is 1.31 bits per heavy atom. The lowest BCUT2D eigenvalue weighted by Gasteiger charge is -2.08. The zero-order valence-electron chi connectivity index (χ0n) is 8.96. The Hall–Kier alpha value is -1.61. The van der Waals surface area contributed by atoms with Gasteiger partial charge in [0.25, 0.3) is 0 Å². The molecule has 1 aromatic carbocycles. The van der Waals surface area contributed by atoms with Crippen molar-refractivity contribution in [2.24, 2.45) is 0 Å². The van der Waals surface area contributed by atoms with Gasteiger partial charge in [-0.1, -0.05) is 30.3 Å². The third kappa shape index (κ3) is 2.94. The van der Waals surface area contributed by atoms with Gasteiger partial charge in [0.15, 0.2) is 12.4 Å². The molecular weight excluding hydrogens is 204 g/mol. The minimum atomic E-state index is -0.310. The van der Waals surface area contributed by atoms with E-state index in [1.165, 1.54) is 0 Å². The fourth-order valence-corrected chi connectivity index (χ4v) is 1.56. The molecule has 0 N–H and O–H groups in total. The first kappa shape index (κ1) is 10.9. The minimum absolute atomic E-state index is 0.310. The van der Waals surface area contributed by atoms with E-state index in [4.69, 9.17) is 9.47 Å². The smallest absolute Gasteiger partial charge is 0.160 e. The topological polar surface area (TPSA) is 35.5 Å². The Morgan fingerprint density at radius 2 is 2.12 bits per heavy atom. The van der Waals surface area contributed by atoms with Gasteiger partial charge in [0, 0.05) is 6.42 Å². The summed E-state index contributed by atoms with van der Waals surface area (Å²) < 4.78 is 10.8. The maximum Gasteiger partial charge on any atom is 0.160 e. The van der Waals surface area contributed by atoms with Crippen LogP contribution in [0.3, 0.4) is 0 Å². The van der Waals surface area contributed by atoms with Crippen molar-refractivity contribution in [2.45, 2.75) is 19.1 Å². The zero-order chi connectivity index (χ0) is 11.2. The van der Waals surface area contributed by atoms with Crippen molar-refractivity contribution in [3.63, 3.8) is 0 Å². The number of carbonyl (C=O) groups is 1. The van der Waals surface area contributed by atoms with Crippen LogP contribution in [0.4, 0.5) is 0 Å². The SMILES string of the molecule is O=CC1CC=C(COCc2ccccc2)O1. The highest BCUT2D eigenvalue weighted by molar-refractivity contribution is 5.57. The molecule has 16 heavy (non-hydrogen) atoms. The Labute approximate surface area is 94.7 Å². The van der Waals surface area contributed by atoms with Crippen molar-refractivity contribution in [1.82, 2.24) is 0 Å². The molecule has 0 amide bonds. The van der Waals surface area contributed by atoms with Gasteiger partial charge in [-0.25, -0.2) is 0 Å². The maximum absolute atomic E-state index is 10.4. The van der Waals surface area contributed by atoms with E-state index in [2.05, 4.69) is 0 Å². The Balaban J connectivity index is 1.71. The lowest BCUT2D eigenvalue weighted by Crippen LogP contribution is -2.09. The molecule has 0 aliphatic carbocycles. The molecule has 0 spiro atoms. The molecule has 0 fully saturated rings. The average molecular weight is 218 g/mol. The lowest BCUT2D eigenvalue weighted by atomic mass is 10.2. The van der Waals surface area contributed by atoms with Crippen LogP contribution >= 0.6 is 0 Å². The highest BCUT2D eigenvalue weighted by Gasteiger charge is 2.16. The third-order valence-electron chi connectivity index (χ3n) is 2.39. The fraction of sp³-hybridized carbons (Fsp3) is 0.308. The van der Waals surface area contributed by atoms with Gasteiger partial charge in [0.05, 0.1) is 6.61 Å². The first-order chi connectivity index (χ1) is 7.88. The first-order valence-corrected chi connectivity index (χ1v) is 5.31. The number of hydrogen-bond donors (Lipinski definition) is 0. The molecule has 84 valence electrons. The average Bonchev–Trinajstić information content (AvgIpc) is 2.78. The van der Waals surface area contributed by atoms with E-state index in [0.29, 0.717) is 19.6 Å². The standard InChI is InChI=1S/C13H14O3/c14-8-12-6-7-13(16-12)10-15-9-11-4-2-1-3-5-11/h1-5,7-8,12H,6,9-10H2. The van der Waals surface area contributed by atoms with Gasteiger partial charge in [-0.15, -0.1) is 0 Å². The summed E-state index contributed by atoms with van der Waals surface area (Å²) in [6.07, 6.45) is 3.08. The van der Waals surface area contributed by atoms with E-state index in [9.17, 15) is 4.79 Å². The summed E-state index contributed by atoms with van der Waals surface area (Å²) in [7, 11) is 0. The molecule has 1 aromatic rings. The Morgan fingerprint density at radius 3 is 2.81 bits per heavy atom. The van der Waals surface area contributed by atoms with E-state index in [1.54, 1.807) is 0 Å². The molecular formula is C13H14O3. The molecule has 0 aromatic heterocycles. The number of benzene rings is 1. The van der Waals surface area contributed by atoms with Crippen LogP contribution in [-0.4, -0.2) is 19.0 Å². The zero-order valence-corrected chi connectivity index (χ0v) is 8.96. The molecule has 1 aliphatic heterocycles. The summed E-state index contributed by atoms with van der Waals surface area (Å²) in [4.78, 5) is 10.4. The molecule has 0 radical (unpaired) electrons. The van der Waals surface area contributed by atoms with E-state index in [0.717, 1.165) is 17.6 Å². The first-order valence-electron chi connectivity index (χ1n) is 5.31. The van der Waals surface area contributed by atoms with E-state index < -0.39 is 0 Å². The van der Waals surface area contributed by atoms with Gasteiger partial charge in [-0.2, -0.15) is 0 Å². The van der Waals surface area contributed by atoms with Crippen LogP contribution in [0, 0.1) is 0 Å². The summed E-state index contributed by atoms with van der Waals surface area (Å²) in [5.41, 5.74) is 1.13. The van der Waals surface area contributed by atoms with Gasteiger partial charge in [-0.05, 0) is 11.6 Å². The quantitative estimate of drug-likeness (QED) is 0.710. The molecule has 1 atom stereocenters. The summed E-state index contributed by atoms with van der Waals surface area (Å²) in [5, 5.41) is 0. The molecule has 1 aliphatic rings. The number of ether oxygens (including phenoxy) is 2. The summed E-state index contributed by atoms with van der Waals surface area (Å²) in [6, 6.07) is 9.95. The summed E-state index contributed by atoms with van der Waals surface area (Å²) in [6.45, 7) is 0.993. The van der Waals surface area contributed by atoms with Crippen LogP contribution in [0.1, 0.15) is 12.0 Å². The second kappa shape index (κ2) is 5.47. The van der Waals surface area contributed by atoms with Gasteiger partial charge >= 0.3 is 0 Å². The van der Waals surface area contributed by atoms with Gasteiger partial charge in [-0.3, -0.25) is 4.79 Å². The largest absolute Gasteiger partial charge is 0.485 e. The predicted molar refractivity (Wildman–Crippen MR) is 59.7 cm³/mol. The normalized spacial score (nSPS) is 19.0. The van der Waals surface area contributed by atoms with Crippen molar-refractivity contribution >= 4 is 6.29 Å².